The molecule has 1 N–H and O–H groups in total. The number of rotatable bonds is 5. The van der Waals surface area contributed by atoms with Crippen LogP contribution in [0.25, 0.3) is 0 Å². The normalized spacial score (nSPS) is 23.9. The first-order valence-corrected chi connectivity index (χ1v) is 8.91. The maximum atomic E-state index is 12.4. The molecule has 2 aliphatic heterocycles. The van der Waals surface area contributed by atoms with Crippen molar-refractivity contribution in [2.45, 2.75) is 25.7 Å². The molecule has 2 saturated heterocycles. The average Bonchev–Trinajstić information content (AvgIpc) is 3.13. The van der Waals surface area contributed by atoms with Crippen molar-refractivity contribution >= 4 is 11.8 Å². The van der Waals surface area contributed by atoms with Crippen LogP contribution in [0.1, 0.15) is 36.0 Å². The van der Waals surface area contributed by atoms with E-state index in [1.54, 1.807) is 0 Å². The molecule has 2 amide bonds. The van der Waals surface area contributed by atoms with Crippen LogP contribution in [0, 0.1) is 11.8 Å². The Bertz CT molecular complexity index is 555. The van der Waals surface area contributed by atoms with Gasteiger partial charge in [0.2, 0.25) is 5.91 Å². The molecule has 1 aromatic carbocycles. The zero-order chi connectivity index (χ0) is 16.8. The molecule has 2 heterocycles. The van der Waals surface area contributed by atoms with E-state index in [9.17, 15) is 9.59 Å². The van der Waals surface area contributed by atoms with Crippen LogP contribution in [0.3, 0.4) is 0 Å². The number of nitrogens with one attached hydrogen (secondary N) is 1. The summed E-state index contributed by atoms with van der Waals surface area (Å²) in [4.78, 5) is 26.5. The van der Waals surface area contributed by atoms with Gasteiger partial charge in [-0.15, -0.1) is 0 Å². The number of piperidine rings is 1. The summed E-state index contributed by atoms with van der Waals surface area (Å²) in [5.41, 5.74) is 0.683. The quantitative estimate of drug-likeness (QED) is 0.899. The van der Waals surface area contributed by atoms with Crippen molar-refractivity contribution in [2.75, 3.05) is 32.8 Å². The third-order valence-corrected chi connectivity index (χ3v) is 4.95. The molecule has 0 aliphatic carbocycles. The number of hydrogen-bond acceptors (Lipinski definition) is 3. The van der Waals surface area contributed by atoms with Crippen molar-refractivity contribution < 1.29 is 14.3 Å². The highest BCUT2D eigenvalue weighted by Gasteiger charge is 2.27. The average molecular weight is 330 g/mol. The van der Waals surface area contributed by atoms with Crippen LogP contribution >= 0.6 is 0 Å². The minimum absolute atomic E-state index is 0.0397. The minimum atomic E-state index is -0.0397. The zero-order valence-corrected chi connectivity index (χ0v) is 14.1. The summed E-state index contributed by atoms with van der Waals surface area (Å²) in [6, 6.07) is 9.26. The lowest BCUT2D eigenvalue weighted by atomic mass is 9.96. The predicted octanol–water partition coefficient (Wildman–Crippen LogP) is 2.08. The van der Waals surface area contributed by atoms with Gasteiger partial charge in [0.15, 0.2) is 0 Å². The first-order valence-electron chi connectivity index (χ1n) is 8.91. The lowest BCUT2D eigenvalue weighted by Gasteiger charge is -2.33. The summed E-state index contributed by atoms with van der Waals surface area (Å²) in [6.45, 7) is 3.73. The zero-order valence-electron chi connectivity index (χ0n) is 14.1. The molecule has 0 radical (unpaired) electrons. The van der Waals surface area contributed by atoms with Crippen molar-refractivity contribution in [3.05, 3.63) is 35.9 Å². The highest BCUT2D eigenvalue weighted by atomic mass is 16.5. The van der Waals surface area contributed by atoms with E-state index < -0.39 is 0 Å². The van der Waals surface area contributed by atoms with Gasteiger partial charge in [-0.2, -0.15) is 0 Å². The molecule has 0 unspecified atom stereocenters. The summed E-state index contributed by atoms with van der Waals surface area (Å²) in [5.74, 6) is 0.928. The monoisotopic (exact) mass is 330 g/mol. The van der Waals surface area contributed by atoms with Gasteiger partial charge < -0.3 is 15.0 Å². The van der Waals surface area contributed by atoms with Gasteiger partial charge in [0.05, 0.1) is 0 Å². The van der Waals surface area contributed by atoms with Crippen LogP contribution in [-0.2, 0) is 9.53 Å². The van der Waals surface area contributed by atoms with Crippen molar-refractivity contribution in [1.82, 2.24) is 10.2 Å². The van der Waals surface area contributed by atoms with Crippen LogP contribution in [0.2, 0.25) is 0 Å². The van der Waals surface area contributed by atoms with Gasteiger partial charge in [0.25, 0.3) is 5.91 Å². The number of nitrogens with zero attached hydrogens (tertiary/aromatic N) is 1. The lowest BCUT2D eigenvalue weighted by Crippen LogP contribution is -2.44. The topological polar surface area (TPSA) is 58.6 Å². The predicted molar refractivity (Wildman–Crippen MR) is 91.6 cm³/mol. The maximum absolute atomic E-state index is 12.4. The van der Waals surface area contributed by atoms with Crippen LogP contribution in [0.15, 0.2) is 30.3 Å². The molecule has 130 valence electrons. The molecule has 1 aromatic rings. The summed E-state index contributed by atoms with van der Waals surface area (Å²) >= 11 is 0. The fourth-order valence-electron chi connectivity index (χ4n) is 3.51. The molecule has 5 nitrogen and oxygen atoms in total. The minimum Gasteiger partial charge on any atom is -0.381 e. The third-order valence-electron chi connectivity index (χ3n) is 4.95. The van der Waals surface area contributed by atoms with E-state index in [-0.39, 0.29) is 11.8 Å². The van der Waals surface area contributed by atoms with Gasteiger partial charge in [-0.1, -0.05) is 18.2 Å². The van der Waals surface area contributed by atoms with Gasteiger partial charge in [0, 0.05) is 44.8 Å². The second kappa shape index (κ2) is 8.29. The van der Waals surface area contributed by atoms with E-state index in [2.05, 4.69) is 5.32 Å². The number of benzene rings is 1. The smallest absolute Gasteiger partial charge is 0.251 e. The van der Waals surface area contributed by atoms with E-state index >= 15 is 0 Å². The first-order chi connectivity index (χ1) is 11.7. The van der Waals surface area contributed by atoms with Crippen LogP contribution in [-0.4, -0.2) is 49.6 Å². The molecule has 3 rings (SSSR count). The third kappa shape index (κ3) is 4.57. The van der Waals surface area contributed by atoms with E-state index in [1.165, 1.54) is 0 Å². The molecule has 0 aromatic heterocycles. The van der Waals surface area contributed by atoms with Crippen LogP contribution < -0.4 is 5.32 Å². The summed E-state index contributed by atoms with van der Waals surface area (Å²) in [7, 11) is 0. The Hall–Kier alpha value is -1.88. The SMILES string of the molecule is O=C(NC[C@@H]1CCCN(C(=O)C[C@@H]2CCOC2)C1)c1ccccc1. The molecule has 2 aliphatic rings. The summed E-state index contributed by atoms with van der Waals surface area (Å²) in [5, 5.41) is 3.00. The Kier molecular flexibility index (Phi) is 5.86. The van der Waals surface area contributed by atoms with E-state index in [1.807, 2.05) is 35.2 Å². The number of likely N-dealkylation sites (tertiary alicyclic amines) is 1. The first kappa shape index (κ1) is 17.0. The summed E-state index contributed by atoms with van der Waals surface area (Å²) in [6.07, 6.45) is 3.67. The van der Waals surface area contributed by atoms with Crippen LogP contribution in [0.5, 0.6) is 0 Å². The Morgan fingerprint density at radius 3 is 2.75 bits per heavy atom. The number of carbonyl (C=O) groups is 2. The molecule has 2 atom stereocenters. The van der Waals surface area contributed by atoms with Gasteiger partial charge in [0.1, 0.15) is 0 Å². The van der Waals surface area contributed by atoms with Crippen molar-refractivity contribution in [3.63, 3.8) is 0 Å². The highest BCUT2D eigenvalue weighted by molar-refractivity contribution is 5.94. The molecular weight excluding hydrogens is 304 g/mol. The molecule has 24 heavy (non-hydrogen) atoms. The fraction of sp³-hybridized carbons (Fsp3) is 0.579. The number of amides is 2. The van der Waals surface area contributed by atoms with Gasteiger partial charge >= 0.3 is 0 Å². The molecule has 0 bridgehead atoms. The summed E-state index contributed by atoms with van der Waals surface area (Å²) < 4.78 is 5.36. The van der Waals surface area contributed by atoms with Crippen LogP contribution in [0.4, 0.5) is 0 Å². The number of carbonyl (C=O) groups excluding carboxylic acids is 2. The van der Waals surface area contributed by atoms with E-state index in [0.29, 0.717) is 30.4 Å². The van der Waals surface area contributed by atoms with E-state index in [0.717, 1.165) is 45.6 Å². The molecule has 5 heteroatoms. The Labute approximate surface area is 143 Å². The molecule has 2 fully saturated rings. The van der Waals surface area contributed by atoms with Crippen molar-refractivity contribution in [2.24, 2.45) is 11.8 Å². The lowest BCUT2D eigenvalue weighted by molar-refractivity contribution is -0.134. The van der Waals surface area contributed by atoms with Gasteiger partial charge in [-0.3, -0.25) is 9.59 Å². The Balaban J connectivity index is 1.45. The largest absolute Gasteiger partial charge is 0.381 e. The van der Waals surface area contributed by atoms with Crippen molar-refractivity contribution in [3.8, 4) is 0 Å². The number of ether oxygens (including phenoxy) is 1. The van der Waals surface area contributed by atoms with E-state index in [4.69, 9.17) is 4.74 Å². The van der Waals surface area contributed by atoms with Crippen molar-refractivity contribution in [1.29, 1.82) is 0 Å². The Morgan fingerprint density at radius 1 is 1.17 bits per heavy atom. The molecular formula is C19H26N2O3. The second-order valence-electron chi connectivity index (χ2n) is 6.86. The highest BCUT2D eigenvalue weighted by Crippen LogP contribution is 2.21. The maximum Gasteiger partial charge on any atom is 0.251 e. The molecule has 0 spiro atoms. The van der Waals surface area contributed by atoms with Gasteiger partial charge in [-0.05, 0) is 43.2 Å². The Morgan fingerprint density at radius 2 is 2.00 bits per heavy atom. The molecule has 0 saturated carbocycles. The number of hydrogen-bond donors (Lipinski definition) is 1. The standard InChI is InChI=1S/C19H26N2O3/c22-18(11-15-8-10-24-14-15)21-9-4-5-16(13-21)12-20-19(23)17-6-2-1-3-7-17/h1-3,6-7,15-16H,4-5,8-14H2,(H,20,23)/t15-,16-/m0/s1. The second-order valence-corrected chi connectivity index (χ2v) is 6.86. The van der Waals surface area contributed by atoms with Gasteiger partial charge in [-0.25, -0.2) is 0 Å². The fourth-order valence-corrected chi connectivity index (χ4v) is 3.51.